The third kappa shape index (κ3) is 4.82. The number of ether oxygens (including phenoxy) is 1. The Balaban J connectivity index is 1.23. The van der Waals surface area contributed by atoms with E-state index in [1.807, 2.05) is 53.9 Å². The molecule has 0 amide bonds. The highest BCUT2D eigenvalue weighted by Crippen LogP contribution is 2.44. The molecule has 0 unspecified atom stereocenters. The van der Waals surface area contributed by atoms with Crippen LogP contribution in [0.3, 0.4) is 0 Å². The van der Waals surface area contributed by atoms with E-state index in [0.717, 1.165) is 28.4 Å². The molecule has 0 bridgehead atoms. The highest BCUT2D eigenvalue weighted by atomic mass is 32.1. The highest BCUT2D eigenvalue weighted by molar-refractivity contribution is 7.28. The molecule has 0 spiro atoms. The monoisotopic (exact) mass is 700 g/mol. The molecular weight excluding hydrogens is 669 g/mol. The van der Waals surface area contributed by atoms with Crippen molar-refractivity contribution >= 4 is 77.4 Å². The standard InChI is InChI=1S/C47H32N2OSSi/c1-3-19-37(20-4-1)52(38-21-5-2-6-22-38)45-27-10-8-25-41(45)49(42-28-29-44-46(47(42)52)39-23-7-9-26-43(39)51-44)34-16-14-18-36(32-34)50-35-17-13-15-33(31-35)40-24-11-12-30-48-40/h1-32H. The summed E-state index contributed by atoms with van der Waals surface area (Å²) in [5.74, 6) is 1.54. The molecule has 5 heteroatoms. The molecule has 0 radical (unpaired) electrons. The van der Waals surface area contributed by atoms with Crippen LogP contribution in [-0.2, 0) is 0 Å². The van der Waals surface area contributed by atoms with Gasteiger partial charge in [0.2, 0.25) is 0 Å². The van der Waals surface area contributed by atoms with Gasteiger partial charge < -0.3 is 9.64 Å². The van der Waals surface area contributed by atoms with Crippen molar-refractivity contribution in [2.45, 2.75) is 0 Å². The molecule has 10 rings (SSSR count). The van der Waals surface area contributed by atoms with Crippen molar-refractivity contribution in [3.05, 3.63) is 194 Å². The number of anilines is 3. The van der Waals surface area contributed by atoms with Gasteiger partial charge in [0.05, 0.1) is 5.69 Å². The average Bonchev–Trinajstić information content (AvgIpc) is 3.60. The molecule has 3 nitrogen and oxygen atoms in total. The van der Waals surface area contributed by atoms with E-state index in [9.17, 15) is 0 Å². The van der Waals surface area contributed by atoms with Crippen LogP contribution in [0.1, 0.15) is 0 Å². The van der Waals surface area contributed by atoms with Crippen LogP contribution in [0.15, 0.2) is 194 Å². The molecule has 2 aromatic heterocycles. The largest absolute Gasteiger partial charge is 0.457 e. The SMILES string of the molecule is c1ccc([Si]2(c3ccccc3)c3ccccc3N(c3cccc(Oc4cccc(-c5ccccn5)c4)c3)c3ccc4sc5ccccc5c4c32)cc1. The molecule has 3 heterocycles. The van der Waals surface area contributed by atoms with Gasteiger partial charge in [-0.3, -0.25) is 4.98 Å². The van der Waals surface area contributed by atoms with E-state index in [-0.39, 0.29) is 0 Å². The maximum Gasteiger partial charge on any atom is 0.184 e. The van der Waals surface area contributed by atoms with Crippen molar-refractivity contribution in [1.82, 2.24) is 4.98 Å². The van der Waals surface area contributed by atoms with Crippen LogP contribution in [0.25, 0.3) is 31.4 Å². The predicted octanol–water partition coefficient (Wildman–Crippen LogP) is 10.1. The normalized spacial score (nSPS) is 13.1. The van der Waals surface area contributed by atoms with Gasteiger partial charge in [0.25, 0.3) is 0 Å². The predicted molar refractivity (Wildman–Crippen MR) is 221 cm³/mol. The fourth-order valence-electron chi connectivity index (χ4n) is 8.12. The Labute approximate surface area is 307 Å². The second kappa shape index (κ2) is 12.5. The Kier molecular flexibility index (Phi) is 7.34. The second-order valence-corrected chi connectivity index (χ2v) is 17.9. The van der Waals surface area contributed by atoms with Gasteiger partial charge in [-0.15, -0.1) is 11.3 Å². The van der Waals surface area contributed by atoms with Crippen molar-refractivity contribution in [3.8, 4) is 22.8 Å². The minimum Gasteiger partial charge on any atom is -0.457 e. The van der Waals surface area contributed by atoms with Crippen LogP contribution in [0.4, 0.5) is 17.1 Å². The lowest BCUT2D eigenvalue weighted by molar-refractivity contribution is 0.483. The Morgan fingerprint density at radius 2 is 1.21 bits per heavy atom. The lowest BCUT2D eigenvalue weighted by Crippen LogP contribution is -2.77. The first-order valence-corrected chi connectivity index (χ1v) is 20.4. The van der Waals surface area contributed by atoms with Gasteiger partial charge >= 0.3 is 0 Å². The van der Waals surface area contributed by atoms with Gasteiger partial charge in [-0.05, 0) is 81.4 Å². The van der Waals surface area contributed by atoms with Gasteiger partial charge in [-0.1, -0.05) is 121 Å². The molecule has 0 atom stereocenters. The molecule has 7 aromatic carbocycles. The Morgan fingerprint density at radius 3 is 2.00 bits per heavy atom. The van der Waals surface area contributed by atoms with E-state index < -0.39 is 8.07 Å². The number of thiophene rings is 1. The van der Waals surface area contributed by atoms with Gasteiger partial charge in [0, 0.05) is 55.1 Å². The first-order valence-electron chi connectivity index (χ1n) is 17.5. The van der Waals surface area contributed by atoms with Gasteiger partial charge in [-0.2, -0.15) is 0 Å². The molecule has 0 saturated heterocycles. The zero-order valence-corrected chi connectivity index (χ0v) is 30.0. The number of nitrogens with zero attached hydrogens (tertiary/aromatic N) is 2. The number of fused-ring (bicyclic) bond motifs is 6. The molecule has 0 aliphatic carbocycles. The van der Waals surface area contributed by atoms with E-state index in [1.165, 1.54) is 52.3 Å². The summed E-state index contributed by atoms with van der Waals surface area (Å²) in [4.78, 5) is 7.01. The van der Waals surface area contributed by atoms with E-state index in [1.54, 1.807) is 0 Å². The summed E-state index contributed by atoms with van der Waals surface area (Å²) in [5.41, 5.74) is 5.39. The molecule has 0 N–H and O–H groups in total. The maximum atomic E-state index is 6.60. The Bertz CT molecular complexity index is 2690. The Morgan fingerprint density at radius 1 is 0.519 bits per heavy atom. The molecule has 0 fully saturated rings. The quantitative estimate of drug-likeness (QED) is 0.162. The van der Waals surface area contributed by atoms with Crippen molar-refractivity contribution < 1.29 is 4.74 Å². The molecule has 0 saturated carbocycles. The third-order valence-electron chi connectivity index (χ3n) is 10.2. The number of pyridine rings is 1. The van der Waals surface area contributed by atoms with Crippen molar-refractivity contribution in [2.24, 2.45) is 0 Å². The minimum absolute atomic E-state index is 0.769. The van der Waals surface area contributed by atoms with Crippen molar-refractivity contribution in [2.75, 3.05) is 4.90 Å². The first kappa shape index (κ1) is 30.5. The van der Waals surface area contributed by atoms with Crippen LogP contribution >= 0.6 is 11.3 Å². The zero-order valence-electron chi connectivity index (χ0n) is 28.2. The van der Waals surface area contributed by atoms with Crippen molar-refractivity contribution in [1.29, 1.82) is 0 Å². The molecular formula is C47H32N2OSSi. The van der Waals surface area contributed by atoms with E-state index in [2.05, 4.69) is 162 Å². The zero-order chi connectivity index (χ0) is 34.5. The number of rotatable bonds is 6. The first-order chi connectivity index (χ1) is 25.8. The van der Waals surface area contributed by atoms with Crippen LogP contribution in [0.5, 0.6) is 11.5 Å². The van der Waals surface area contributed by atoms with Gasteiger partial charge in [-0.25, -0.2) is 0 Å². The average molecular weight is 701 g/mol. The fraction of sp³-hybridized carbons (Fsp3) is 0. The summed E-state index contributed by atoms with van der Waals surface area (Å²) >= 11 is 1.89. The minimum atomic E-state index is -2.88. The molecule has 246 valence electrons. The van der Waals surface area contributed by atoms with Gasteiger partial charge in [0.15, 0.2) is 8.07 Å². The van der Waals surface area contributed by atoms with E-state index >= 15 is 0 Å². The molecule has 9 aromatic rings. The number of aromatic nitrogens is 1. The maximum absolute atomic E-state index is 6.60. The number of para-hydroxylation sites is 1. The molecule has 52 heavy (non-hydrogen) atoms. The van der Waals surface area contributed by atoms with Crippen LogP contribution in [-0.4, -0.2) is 13.1 Å². The summed E-state index contributed by atoms with van der Waals surface area (Å²) < 4.78 is 9.22. The van der Waals surface area contributed by atoms with E-state index in [4.69, 9.17) is 4.74 Å². The van der Waals surface area contributed by atoms with Crippen molar-refractivity contribution in [3.63, 3.8) is 0 Å². The highest BCUT2D eigenvalue weighted by Gasteiger charge is 2.50. The summed E-state index contributed by atoms with van der Waals surface area (Å²) in [6.45, 7) is 0. The lowest BCUT2D eigenvalue weighted by atomic mass is 10.1. The summed E-state index contributed by atoms with van der Waals surface area (Å²) in [5, 5.41) is 8.22. The topological polar surface area (TPSA) is 25.4 Å². The van der Waals surface area contributed by atoms with Crippen LogP contribution in [0.2, 0.25) is 0 Å². The smallest absolute Gasteiger partial charge is 0.184 e. The number of hydrogen-bond donors (Lipinski definition) is 0. The third-order valence-corrected chi connectivity index (χ3v) is 16.2. The van der Waals surface area contributed by atoms with Crippen LogP contribution in [0, 0.1) is 0 Å². The Hall–Kier alpha value is -6.27. The number of hydrogen-bond acceptors (Lipinski definition) is 4. The lowest BCUT2D eigenvalue weighted by Gasteiger charge is -2.45. The second-order valence-electron chi connectivity index (χ2n) is 13.1. The summed E-state index contributed by atoms with van der Waals surface area (Å²) in [6.07, 6.45) is 1.82. The summed E-state index contributed by atoms with van der Waals surface area (Å²) in [7, 11) is -2.88. The molecule has 1 aliphatic rings. The summed E-state index contributed by atoms with van der Waals surface area (Å²) in [6, 6.07) is 67.8. The molecule has 1 aliphatic heterocycles. The van der Waals surface area contributed by atoms with Crippen LogP contribution < -0.4 is 30.4 Å². The fourth-order valence-corrected chi connectivity index (χ4v) is 14.7. The van der Waals surface area contributed by atoms with Gasteiger partial charge in [0.1, 0.15) is 11.5 Å². The van der Waals surface area contributed by atoms with E-state index in [0.29, 0.717) is 0 Å². The number of benzene rings is 7.